The molecule has 0 saturated carbocycles. The Kier molecular flexibility index (Phi) is 7.23. The number of carbonyl (C=O) groups excluding carboxylic acids is 2. The van der Waals surface area contributed by atoms with Crippen molar-refractivity contribution in [1.82, 2.24) is 15.3 Å². The molecular formula is C17H19ClN4O3S. The summed E-state index contributed by atoms with van der Waals surface area (Å²) in [5, 5.41) is 3.50. The van der Waals surface area contributed by atoms with Gasteiger partial charge in [-0.2, -0.15) is 0 Å². The van der Waals surface area contributed by atoms with Crippen LogP contribution in [0.15, 0.2) is 29.4 Å². The van der Waals surface area contributed by atoms with Crippen molar-refractivity contribution in [3.05, 3.63) is 35.0 Å². The second-order valence-corrected chi connectivity index (χ2v) is 6.59. The monoisotopic (exact) mass is 394 g/mol. The molecule has 2 rings (SSSR count). The van der Waals surface area contributed by atoms with Gasteiger partial charge < -0.3 is 15.8 Å². The fourth-order valence-corrected chi connectivity index (χ4v) is 3.00. The zero-order valence-corrected chi connectivity index (χ0v) is 16.0. The number of ether oxygens (including phenoxy) is 1. The molecule has 3 N–H and O–H groups in total. The fourth-order valence-electron chi connectivity index (χ4n) is 2.18. The second-order valence-electron chi connectivity index (χ2n) is 5.22. The van der Waals surface area contributed by atoms with Crippen molar-refractivity contribution >= 4 is 41.1 Å². The summed E-state index contributed by atoms with van der Waals surface area (Å²) in [6.07, 6.45) is 0.660. The van der Waals surface area contributed by atoms with E-state index in [1.807, 2.05) is 19.1 Å². The molecule has 0 atom stereocenters. The standard InChI is InChI=1S/C17H19ClN4O3S/c1-3-12-15(10-4-6-11(18)7-5-10)16(19)22-17(21-12)26-9-13(23)20-8-14(24)25-2/h4-7H,3,8-9H2,1-2H3,(H,20,23)(H2,19,21,22). The van der Waals surface area contributed by atoms with Crippen molar-refractivity contribution in [2.45, 2.75) is 18.5 Å². The molecule has 0 unspecified atom stereocenters. The van der Waals surface area contributed by atoms with Gasteiger partial charge in [0.2, 0.25) is 5.91 Å². The summed E-state index contributed by atoms with van der Waals surface area (Å²) < 4.78 is 4.46. The maximum Gasteiger partial charge on any atom is 0.325 e. The molecular weight excluding hydrogens is 376 g/mol. The van der Waals surface area contributed by atoms with E-state index in [1.54, 1.807) is 12.1 Å². The lowest BCUT2D eigenvalue weighted by atomic mass is 10.0. The number of aromatic nitrogens is 2. The van der Waals surface area contributed by atoms with Gasteiger partial charge >= 0.3 is 5.97 Å². The van der Waals surface area contributed by atoms with Crippen LogP contribution in [0.2, 0.25) is 5.02 Å². The van der Waals surface area contributed by atoms with Crippen LogP contribution in [0.1, 0.15) is 12.6 Å². The van der Waals surface area contributed by atoms with E-state index in [0.29, 0.717) is 22.4 Å². The number of nitrogens with one attached hydrogen (secondary N) is 1. The van der Waals surface area contributed by atoms with E-state index in [0.717, 1.165) is 28.6 Å². The minimum absolute atomic E-state index is 0.0693. The van der Waals surface area contributed by atoms with Crippen LogP contribution in [-0.2, 0) is 20.7 Å². The minimum atomic E-state index is -0.510. The van der Waals surface area contributed by atoms with Crippen molar-refractivity contribution < 1.29 is 14.3 Å². The van der Waals surface area contributed by atoms with E-state index in [-0.39, 0.29) is 18.2 Å². The molecule has 0 aliphatic heterocycles. The number of amides is 1. The largest absolute Gasteiger partial charge is 0.468 e. The minimum Gasteiger partial charge on any atom is -0.468 e. The van der Waals surface area contributed by atoms with E-state index in [1.165, 1.54) is 7.11 Å². The molecule has 1 heterocycles. The van der Waals surface area contributed by atoms with Gasteiger partial charge in [0.05, 0.1) is 18.6 Å². The number of nitrogen functional groups attached to an aromatic ring is 1. The van der Waals surface area contributed by atoms with Gasteiger partial charge in [-0.05, 0) is 24.1 Å². The Bertz CT molecular complexity index is 799. The number of hydrogen-bond donors (Lipinski definition) is 2. The van der Waals surface area contributed by atoms with E-state index in [2.05, 4.69) is 20.0 Å². The maximum atomic E-state index is 11.8. The Morgan fingerprint density at radius 3 is 2.58 bits per heavy atom. The van der Waals surface area contributed by atoms with E-state index in [4.69, 9.17) is 17.3 Å². The van der Waals surface area contributed by atoms with Crippen molar-refractivity contribution in [2.24, 2.45) is 0 Å². The molecule has 0 fully saturated rings. The molecule has 0 aliphatic carbocycles. The Hall–Kier alpha value is -2.32. The lowest BCUT2D eigenvalue weighted by Crippen LogP contribution is -2.31. The van der Waals surface area contributed by atoms with E-state index >= 15 is 0 Å². The molecule has 0 spiro atoms. The first-order valence-electron chi connectivity index (χ1n) is 7.83. The molecule has 0 bridgehead atoms. The number of thioether (sulfide) groups is 1. The number of nitrogens with zero attached hydrogens (tertiary/aromatic N) is 2. The molecule has 0 saturated heterocycles. The van der Waals surface area contributed by atoms with Crippen LogP contribution >= 0.6 is 23.4 Å². The Morgan fingerprint density at radius 1 is 1.27 bits per heavy atom. The Labute approximate surface area is 160 Å². The number of anilines is 1. The fraction of sp³-hybridized carbons (Fsp3) is 0.294. The average Bonchev–Trinajstić information content (AvgIpc) is 2.64. The molecule has 7 nitrogen and oxygen atoms in total. The van der Waals surface area contributed by atoms with Crippen LogP contribution in [0.4, 0.5) is 5.82 Å². The Morgan fingerprint density at radius 2 is 1.96 bits per heavy atom. The molecule has 0 aliphatic rings. The van der Waals surface area contributed by atoms with E-state index < -0.39 is 5.97 Å². The zero-order chi connectivity index (χ0) is 19.1. The van der Waals surface area contributed by atoms with Crippen LogP contribution in [0.3, 0.4) is 0 Å². The first kappa shape index (κ1) is 20.0. The summed E-state index contributed by atoms with van der Waals surface area (Å²) in [5.41, 5.74) is 8.57. The predicted molar refractivity (Wildman–Crippen MR) is 102 cm³/mol. The van der Waals surface area contributed by atoms with Gasteiger partial charge in [-0.15, -0.1) is 0 Å². The highest BCUT2D eigenvalue weighted by atomic mass is 35.5. The number of benzene rings is 1. The molecule has 2 aromatic rings. The normalized spacial score (nSPS) is 10.4. The van der Waals surface area contributed by atoms with Crippen LogP contribution in [0.25, 0.3) is 11.1 Å². The Balaban J connectivity index is 2.12. The number of aryl methyl sites for hydroxylation is 1. The summed E-state index contributed by atoms with van der Waals surface area (Å²) in [4.78, 5) is 31.6. The third kappa shape index (κ3) is 5.34. The van der Waals surface area contributed by atoms with E-state index in [9.17, 15) is 9.59 Å². The highest BCUT2D eigenvalue weighted by Crippen LogP contribution is 2.30. The van der Waals surface area contributed by atoms with Crippen molar-refractivity contribution in [3.8, 4) is 11.1 Å². The van der Waals surface area contributed by atoms with Gasteiger partial charge in [0.15, 0.2) is 5.16 Å². The molecule has 9 heteroatoms. The highest BCUT2D eigenvalue weighted by molar-refractivity contribution is 7.99. The molecule has 26 heavy (non-hydrogen) atoms. The SMILES string of the molecule is CCc1nc(SCC(=O)NCC(=O)OC)nc(N)c1-c1ccc(Cl)cc1. The molecule has 1 aromatic carbocycles. The topological polar surface area (TPSA) is 107 Å². The lowest BCUT2D eigenvalue weighted by Gasteiger charge is -2.12. The number of carbonyl (C=O) groups is 2. The highest BCUT2D eigenvalue weighted by Gasteiger charge is 2.15. The maximum absolute atomic E-state index is 11.8. The molecule has 138 valence electrons. The number of halogens is 1. The van der Waals surface area contributed by atoms with Gasteiger partial charge in [-0.1, -0.05) is 42.4 Å². The summed E-state index contributed by atoms with van der Waals surface area (Å²) in [7, 11) is 1.26. The third-order valence-electron chi connectivity index (χ3n) is 3.45. The van der Waals surface area contributed by atoms with Gasteiger partial charge in [-0.25, -0.2) is 9.97 Å². The summed E-state index contributed by atoms with van der Waals surface area (Å²) >= 11 is 7.08. The number of hydrogen-bond acceptors (Lipinski definition) is 7. The molecule has 1 amide bonds. The van der Waals surface area contributed by atoms with Gasteiger partial charge in [0.1, 0.15) is 12.4 Å². The quantitative estimate of drug-likeness (QED) is 0.421. The van der Waals surface area contributed by atoms with Gasteiger partial charge in [0, 0.05) is 10.6 Å². The molecule has 1 aromatic heterocycles. The average molecular weight is 395 g/mol. The van der Waals surface area contributed by atoms with Crippen LogP contribution in [0.5, 0.6) is 0 Å². The second kappa shape index (κ2) is 9.40. The lowest BCUT2D eigenvalue weighted by molar-refractivity contribution is -0.140. The number of esters is 1. The van der Waals surface area contributed by atoms with Crippen molar-refractivity contribution in [1.29, 1.82) is 0 Å². The van der Waals surface area contributed by atoms with Crippen LogP contribution in [-0.4, -0.2) is 41.3 Å². The van der Waals surface area contributed by atoms with Gasteiger partial charge in [0.25, 0.3) is 0 Å². The van der Waals surface area contributed by atoms with Crippen LogP contribution in [0, 0.1) is 0 Å². The first-order valence-corrected chi connectivity index (χ1v) is 9.19. The summed E-state index contributed by atoms with van der Waals surface area (Å²) in [5.74, 6) is -0.414. The number of nitrogens with two attached hydrogens (primary N) is 1. The third-order valence-corrected chi connectivity index (χ3v) is 4.55. The van der Waals surface area contributed by atoms with Crippen molar-refractivity contribution in [2.75, 3.05) is 25.1 Å². The molecule has 0 radical (unpaired) electrons. The van der Waals surface area contributed by atoms with Crippen LogP contribution < -0.4 is 11.1 Å². The van der Waals surface area contributed by atoms with Crippen molar-refractivity contribution in [3.63, 3.8) is 0 Å². The number of rotatable bonds is 7. The number of methoxy groups -OCH3 is 1. The smallest absolute Gasteiger partial charge is 0.325 e. The zero-order valence-electron chi connectivity index (χ0n) is 14.4. The summed E-state index contributed by atoms with van der Waals surface area (Å²) in [6.45, 7) is 1.80. The first-order chi connectivity index (χ1) is 12.4. The predicted octanol–water partition coefficient (Wildman–Crippen LogP) is 2.32. The summed E-state index contributed by atoms with van der Waals surface area (Å²) in [6, 6.07) is 7.29. The van der Waals surface area contributed by atoms with Gasteiger partial charge in [-0.3, -0.25) is 9.59 Å².